The molecule has 0 aliphatic carbocycles. The Morgan fingerprint density at radius 1 is 1.08 bits per heavy atom. The summed E-state index contributed by atoms with van der Waals surface area (Å²) >= 11 is 0. The largest absolute Gasteiger partial charge is 0.493 e. The Balaban J connectivity index is 2.26. The van der Waals surface area contributed by atoms with Crippen molar-refractivity contribution in [3.63, 3.8) is 0 Å². The first-order chi connectivity index (χ1) is 11.8. The number of methoxy groups -OCH3 is 1. The zero-order chi connectivity index (χ0) is 18.4. The number of para-hydroxylation sites is 2. The lowest BCUT2D eigenvalue weighted by Crippen LogP contribution is -2.16. The topological polar surface area (TPSA) is 93.7 Å². The summed E-state index contributed by atoms with van der Waals surface area (Å²) < 4.78 is 35.9. The van der Waals surface area contributed by atoms with E-state index in [4.69, 9.17) is 9.47 Å². The second kappa shape index (κ2) is 7.89. The quantitative estimate of drug-likeness (QED) is 0.788. The molecule has 0 saturated heterocycles. The molecule has 0 unspecified atom stereocenters. The van der Waals surface area contributed by atoms with Crippen LogP contribution in [-0.2, 0) is 10.0 Å². The fourth-order valence-corrected chi connectivity index (χ4v) is 2.74. The molecule has 0 aliphatic heterocycles. The molecular formula is C17H20N2O5S. The van der Waals surface area contributed by atoms with Gasteiger partial charge in [-0.15, -0.1) is 0 Å². The second-order valence-electron chi connectivity index (χ2n) is 5.17. The van der Waals surface area contributed by atoms with Crippen LogP contribution < -0.4 is 19.5 Å². The molecular weight excluding hydrogens is 344 g/mol. The van der Waals surface area contributed by atoms with Crippen LogP contribution in [0, 0.1) is 0 Å². The molecule has 8 heteroatoms. The number of amides is 1. The number of anilines is 2. The third kappa shape index (κ3) is 5.12. The van der Waals surface area contributed by atoms with E-state index in [9.17, 15) is 13.2 Å². The minimum absolute atomic E-state index is 0.288. The Labute approximate surface area is 147 Å². The van der Waals surface area contributed by atoms with Crippen molar-refractivity contribution in [2.75, 3.05) is 30.0 Å². The molecule has 0 radical (unpaired) electrons. The second-order valence-corrected chi connectivity index (χ2v) is 6.92. The van der Waals surface area contributed by atoms with Crippen molar-refractivity contribution in [1.29, 1.82) is 0 Å². The van der Waals surface area contributed by atoms with E-state index in [1.807, 2.05) is 6.92 Å². The molecule has 25 heavy (non-hydrogen) atoms. The Morgan fingerprint density at radius 2 is 1.76 bits per heavy atom. The van der Waals surface area contributed by atoms with Gasteiger partial charge in [0.15, 0.2) is 11.5 Å². The van der Waals surface area contributed by atoms with E-state index in [1.165, 1.54) is 7.11 Å². The van der Waals surface area contributed by atoms with Crippen molar-refractivity contribution in [2.45, 2.75) is 6.92 Å². The van der Waals surface area contributed by atoms with Gasteiger partial charge in [-0.3, -0.25) is 9.52 Å². The molecule has 1 amide bonds. The maximum absolute atomic E-state index is 12.5. The third-order valence-corrected chi connectivity index (χ3v) is 3.79. The van der Waals surface area contributed by atoms with Crippen molar-refractivity contribution < 1.29 is 22.7 Å². The summed E-state index contributed by atoms with van der Waals surface area (Å²) in [5.41, 5.74) is 0.997. The molecule has 0 spiro atoms. The number of nitrogens with one attached hydrogen (secondary N) is 2. The lowest BCUT2D eigenvalue weighted by Gasteiger charge is -2.13. The minimum atomic E-state index is -3.46. The Morgan fingerprint density at radius 3 is 2.36 bits per heavy atom. The van der Waals surface area contributed by atoms with E-state index in [0.29, 0.717) is 29.4 Å². The van der Waals surface area contributed by atoms with Gasteiger partial charge in [-0.05, 0) is 37.3 Å². The molecule has 7 nitrogen and oxygen atoms in total. The Bertz CT molecular complexity index is 865. The molecule has 0 saturated carbocycles. The number of benzene rings is 2. The maximum atomic E-state index is 12.5. The number of carbonyl (C=O) groups excluding carboxylic acids is 1. The first-order valence-electron chi connectivity index (χ1n) is 7.53. The molecule has 0 atom stereocenters. The van der Waals surface area contributed by atoms with Gasteiger partial charge in [0.1, 0.15) is 0 Å². The van der Waals surface area contributed by atoms with Gasteiger partial charge in [-0.1, -0.05) is 12.1 Å². The smallest absolute Gasteiger partial charge is 0.255 e. The number of hydrogen-bond donors (Lipinski definition) is 2. The summed E-state index contributed by atoms with van der Waals surface area (Å²) in [6.45, 7) is 2.33. The van der Waals surface area contributed by atoms with E-state index < -0.39 is 15.9 Å². The third-order valence-electron chi connectivity index (χ3n) is 3.20. The first-order valence-corrected chi connectivity index (χ1v) is 9.42. The van der Waals surface area contributed by atoms with Crippen LogP contribution in [0.1, 0.15) is 17.3 Å². The van der Waals surface area contributed by atoms with Gasteiger partial charge in [-0.25, -0.2) is 8.42 Å². The SMILES string of the molecule is CCOc1ccc(C(=O)Nc2ccccc2NS(C)(=O)=O)cc1OC. The molecule has 2 N–H and O–H groups in total. The van der Waals surface area contributed by atoms with Crippen molar-refractivity contribution in [1.82, 2.24) is 0 Å². The van der Waals surface area contributed by atoms with Gasteiger partial charge in [0, 0.05) is 5.56 Å². The molecule has 0 fully saturated rings. The van der Waals surface area contributed by atoms with Crippen LogP contribution in [0.3, 0.4) is 0 Å². The fraction of sp³-hybridized carbons (Fsp3) is 0.235. The van der Waals surface area contributed by atoms with Crippen molar-refractivity contribution >= 4 is 27.3 Å². The molecule has 0 bridgehead atoms. The van der Waals surface area contributed by atoms with Crippen LogP contribution in [0.15, 0.2) is 42.5 Å². The van der Waals surface area contributed by atoms with Crippen molar-refractivity contribution in [3.8, 4) is 11.5 Å². The maximum Gasteiger partial charge on any atom is 0.255 e. The molecule has 2 aromatic rings. The van der Waals surface area contributed by atoms with Gasteiger partial charge >= 0.3 is 0 Å². The van der Waals surface area contributed by atoms with Crippen molar-refractivity contribution in [2.24, 2.45) is 0 Å². The van der Waals surface area contributed by atoms with E-state index in [-0.39, 0.29) is 5.69 Å². The van der Waals surface area contributed by atoms with E-state index in [2.05, 4.69) is 10.0 Å². The highest BCUT2D eigenvalue weighted by Crippen LogP contribution is 2.29. The summed E-state index contributed by atoms with van der Waals surface area (Å²) in [6.07, 6.45) is 1.04. The zero-order valence-corrected chi connectivity index (χ0v) is 15.0. The van der Waals surface area contributed by atoms with E-state index >= 15 is 0 Å². The first kappa shape index (κ1) is 18.6. The number of ether oxygens (including phenoxy) is 2. The van der Waals surface area contributed by atoms with E-state index in [0.717, 1.165) is 6.26 Å². The molecule has 0 aromatic heterocycles. The lowest BCUT2D eigenvalue weighted by atomic mass is 10.1. The lowest BCUT2D eigenvalue weighted by molar-refractivity contribution is 0.102. The van der Waals surface area contributed by atoms with Gasteiger partial charge in [0.2, 0.25) is 10.0 Å². The Kier molecular flexibility index (Phi) is 5.87. The molecule has 0 aliphatic rings. The van der Waals surface area contributed by atoms with Crippen LogP contribution >= 0.6 is 0 Å². The molecule has 134 valence electrons. The number of hydrogen-bond acceptors (Lipinski definition) is 5. The van der Waals surface area contributed by atoms with Crippen LogP contribution in [0.5, 0.6) is 11.5 Å². The fourth-order valence-electron chi connectivity index (χ4n) is 2.16. The normalized spacial score (nSPS) is 10.8. The predicted octanol–water partition coefficient (Wildman–Crippen LogP) is 2.72. The molecule has 2 aromatic carbocycles. The predicted molar refractivity (Wildman–Crippen MR) is 97.0 cm³/mol. The number of rotatable bonds is 7. The molecule has 0 heterocycles. The molecule has 2 rings (SSSR count). The standard InChI is InChI=1S/C17H20N2O5S/c1-4-24-15-10-9-12(11-16(15)23-2)17(20)18-13-7-5-6-8-14(13)19-25(3,21)22/h5-11,19H,4H2,1-3H3,(H,18,20). The Hall–Kier alpha value is -2.74. The summed E-state index contributed by atoms with van der Waals surface area (Å²) in [5, 5.41) is 2.69. The van der Waals surface area contributed by atoms with E-state index in [1.54, 1.807) is 42.5 Å². The van der Waals surface area contributed by atoms with Crippen LogP contribution in [0.4, 0.5) is 11.4 Å². The average Bonchev–Trinajstić information content (AvgIpc) is 2.56. The van der Waals surface area contributed by atoms with Crippen LogP contribution in [-0.4, -0.2) is 34.3 Å². The number of carbonyl (C=O) groups is 1. The highest BCUT2D eigenvalue weighted by Gasteiger charge is 2.14. The van der Waals surface area contributed by atoms with Crippen LogP contribution in [0.25, 0.3) is 0 Å². The van der Waals surface area contributed by atoms with Gasteiger partial charge < -0.3 is 14.8 Å². The van der Waals surface area contributed by atoms with Crippen molar-refractivity contribution in [3.05, 3.63) is 48.0 Å². The summed E-state index contributed by atoms with van der Waals surface area (Å²) in [4.78, 5) is 12.5. The van der Waals surface area contributed by atoms with Crippen LogP contribution in [0.2, 0.25) is 0 Å². The van der Waals surface area contributed by atoms with Gasteiger partial charge in [-0.2, -0.15) is 0 Å². The zero-order valence-electron chi connectivity index (χ0n) is 14.2. The van der Waals surface area contributed by atoms with Gasteiger partial charge in [0.25, 0.3) is 5.91 Å². The summed E-state index contributed by atoms with van der Waals surface area (Å²) in [5.74, 6) is 0.585. The van der Waals surface area contributed by atoms with Gasteiger partial charge in [0.05, 0.1) is 31.3 Å². The summed E-state index contributed by atoms with van der Waals surface area (Å²) in [6, 6.07) is 11.4. The summed E-state index contributed by atoms with van der Waals surface area (Å²) in [7, 11) is -1.97. The number of sulfonamides is 1. The monoisotopic (exact) mass is 364 g/mol. The average molecular weight is 364 g/mol. The minimum Gasteiger partial charge on any atom is -0.493 e. The highest BCUT2D eigenvalue weighted by molar-refractivity contribution is 7.92. The highest BCUT2D eigenvalue weighted by atomic mass is 32.2.